The van der Waals surface area contributed by atoms with Crippen molar-refractivity contribution < 1.29 is 4.79 Å². The van der Waals surface area contributed by atoms with Crippen molar-refractivity contribution in [3.05, 3.63) is 70.2 Å². The molecular weight excluding hydrogens is 282 g/mol. The molecule has 0 saturated carbocycles. The van der Waals surface area contributed by atoms with Crippen molar-refractivity contribution in [2.75, 3.05) is 0 Å². The second kappa shape index (κ2) is 6.31. The van der Waals surface area contributed by atoms with E-state index in [1.807, 2.05) is 30.3 Å². The Morgan fingerprint density at radius 1 is 1.14 bits per heavy atom. The molecule has 2 nitrogen and oxygen atoms in total. The molecule has 0 spiro atoms. The summed E-state index contributed by atoms with van der Waals surface area (Å²) < 4.78 is 0. The summed E-state index contributed by atoms with van der Waals surface area (Å²) in [5.41, 5.74) is 3.73. The fourth-order valence-corrected chi connectivity index (χ4v) is 3.11. The van der Waals surface area contributed by atoms with Gasteiger partial charge in [-0.05, 0) is 48.1 Å². The Morgan fingerprint density at radius 2 is 1.95 bits per heavy atom. The van der Waals surface area contributed by atoms with Crippen molar-refractivity contribution in [3.8, 4) is 0 Å². The monoisotopic (exact) mass is 299 g/mol. The van der Waals surface area contributed by atoms with E-state index in [2.05, 4.69) is 23.5 Å². The molecule has 0 bridgehead atoms. The van der Waals surface area contributed by atoms with Gasteiger partial charge in [0.05, 0.1) is 0 Å². The first kappa shape index (κ1) is 14.2. The maximum Gasteiger partial charge on any atom is 0.223 e. The van der Waals surface area contributed by atoms with E-state index in [4.69, 9.17) is 11.6 Å². The van der Waals surface area contributed by atoms with Gasteiger partial charge in [-0.15, -0.1) is 0 Å². The number of hydrogen-bond acceptors (Lipinski definition) is 1. The molecule has 0 heterocycles. The molecule has 0 aliphatic heterocycles. The second-order valence-electron chi connectivity index (χ2n) is 5.56. The highest BCUT2D eigenvalue weighted by atomic mass is 35.5. The van der Waals surface area contributed by atoms with Gasteiger partial charge in [-0.2, -0.15) is 0 Å². The lowest BCUT2D eigenvalue weighted by molar-refractivity contribution is -0.125. The van der Waals surface area contributed by atoms with E-state index in [1.165, 1.54) is 11.1 Å². The molecule has 21 heavy (non-hydrogen) atoms. The number of halogens is 1. The minimum atomic E-state index is 0.0825. The summed E-state index contributed by atoms with van der Waals surface area (Å²) >= 11 is 5.95. The largest absolute Gasteiger partial charge is 0.352 e. The van der Waals surface area contributed by atoms with Gasteiger partial charge in [-0.1, -0.05) is 48.0 Å². The molecule has 2 aromatic carbocycles. The van der Waals surface area contributed by atoms with Gasteiger partial charge < -0.3 is 5.32 Å². The van der Waals surface area contributed by atoms with Gasteiger partial charge in [0.1, 0.15) is 0 Å². The quantitative estimate of drug-likeness (QED) is 0.918. The van der Waals surface area contributed by atoms with Crippen LogP contribution >= 0.6 is 11.6 Å². The average Bonchev–Trinajstić information content (AvgIpc) is 2.52. The van der Waals surface area contributed by atoms with Crippen LogP contribution < -0.4 is 5.32 Å². The van der Waals surface area contributed by atoms with Crippen molar-refractivity contribution in [3.63, 3.8) is 0 Å². The van der Waals surface area contributed by atoms with Crippen LogP contribution in [0.4, 0.5) is 0 Å². The standard InChI is InChI=1S/C18H18ClNO/c19-17-7-3-4-13(10-17)12-20-18(21)16-9-8-14-5-1-2-6-15(14)11-16/h1-7,10,16H,8-9,11-12H2,(H,20,21). The van der Waals surface area contributed by atoms with Crippen LogP contribution in [0.3, 0.4) is 0 Å². The average molecular weight is 300 g/mol. The van der Waals surface area contributed by atoms with E-state index in [9.17, 15) is 4.79 Å². The van der Waals surface area contributed by atoms with Crippen molar-refractivity contribution in [2.45, 2.75) is 25.8 Å². The SMILES string of the molecule is O=C(NCc1cccc(Cl)c1)C1CCc2ccccc2C1. The number of benzene rings is 2. The number of fused-ring (bicyclic) bond motifs is 1. The molecule has 2 aromatic rings. The van der Waals surface area contributed by atoms with Crippen molar-refractivity contribution in [2.24, 2.45) is 5.92 Å². The Bertz CT molecular complexity index is 653. The predicted molar refractivity (Wildman–Crippen MR) is 85.3 cm³/mol. The van der Waals surface area contributed by atoms with E-state index < -0.39 is 0 Å². The first-order valence-electron chi connectivity index (χ1n) is 7.31. The van der Waals surface area contributed by atoms with E-state index in [0.717, 1.165) is 24.8 Å². The Labute approximate surface area is 130 Å². The van der Waals surface area contributed by atoms with Gasteiger partial charge in [-0.25, -0.2) is 0 Å². The molecule has 0 saturated heterocycles. The van der Waals surface area contributed by atoms with Crippen molar-refractivity contribution in [1.29, 1.82) is 0 Å². The third-order valence-corrected chi connectivity index (χ3v) is 4.31. The lowest BCUT2D eigenvalue weighted by Gasteiger charge is -2.23. The van der Waals surface area contributed by atoms with Crippen LogP contribution in [0.5, 0.6) is 0 Å². The Kier molecular flexibility index (Phi) is 4.26. The summed E-state index contributed by atoms with van der Waals surface area (Å²) in [5.74, 6) is 0.226. The minimum Gasteiger partial charge on any atom is -0.352 e. The summed E-state index contributed by atoms with van der Waals surface area (Å²) in [6.45, 7) is 0.539. The van der Waals surface area contributed by atoms with Gasteiger partial charge in [0.15, 0.2) is 0 Å². The first-order valence-corrected chi connectivity index (χ1v) is 7.69. The molecule has 1 aliphatic carbocycles. The first-order chi connectivity index (χ1) is 10.2. The Morgan fingerprint density at radius 3 is 2.76 bits per heavy atom. The normalized spacial score (nSPS) is 17.1. The molecule has 108 valence electrons. The van der Waals surface area contributed by atoms with Gasteiger partial charge >= 0.3 is 0 Å². The van der Waals surface area contributed by atoms with E-state index in [1.54, 1.807) is 0 Å². The highest BCUT2D eigenvalue weighted by Gasteiger charge is 2.24. The minimum absolute atomic E-state index is 0.0825. The molecule has 0 fully saturated rings. The maximum absolute atomic E-state index is 12.3. The highest BCUT2D eigenvalue weighted by Crippen LogP contribution is 2.25. The molecule has 1 amide bonds. The Balaban J connectivity index is 1.59. The zero-order valence-electron chi connectivity index (χ0n) is 11.8. The summed E-state index contributed by atoms with van der Waals surface area (Å²) in [5, 5.41) is 3.73. The molecule has 1 atom stereocenters. The maximum atomic E-state index is 12.3. The number of carbonyl (C=O) groups is 1. The molecule has 0 radical (unpaired) electrons. The molecule has 1 aliphatic rings. The molecule has 3 rings (SSSR count). The van der Waals surface area contributed by atoms with Crippen LogP contribution in [0.15, 0.2) is 48.5 Å². The van der Waals surface area contributed by atoms with Gasteiger partial charge in [0.25, 0.3) is 0 Å². The van der Waals surface area contributed by atoms with Crippen LogP contribution in [0.2, 0.25) is 5.02 Å². The van der Waals surface area contributed by atoms with Gasteiger partial charge in [0, 0.05) is 17.5 Å². The topological polar surface area (TPSA) is 29.1 Å². The molecule has 0 aromatic heterocycles. The molecule has 1 N–H and O–H groups in total. The molecule has 1 unspecified atom stereocenters. The number of nitrogens with one attached hydrogen (secondary N) is 1. The number of amides is 1. The third kappa shape index (κ3) is 3.45. The van der Waals surface area contributed by atoms with E-state index in [0.29, 0.717) is 11.6 Å². The second-order valence-corrected chi connectivity index (χ2v) is 5.99. The lowest BCUT2D eigenvalue weighted by Crippen LogP contribution is -2.33. The van der Waals surface area contributed by atoms with Crippen LogP contribution in [-0.4, -0.2) is 5.91 Å². The fraction of sp³-hybridized carbons (Fsp3) is 0.278. The Hall–Kier alpha value is -1.80. The zero-order valence-corrected chi connectivity index (χ0v) is 12.6. The van der Waals surface area contributed by atoms with E-state index in [-0.39, 0.29) is 11.8 Å². The van der Waals surface area contributed by atoms with Crippen molar-refractivity contribution >= 4 is 17.5 Å². The predicted octanol–water partition coefficient (Wildman–Crippen LogP) is 3.76. The molecule has 3 heteroatoms. The van der Waals surface area contributed by atoms with Crippen LogP contribution in [-0.2, 0) is 24.2 Å². The van der Waals surface area contributed by atoms with Gasteiger partial charge in [0.2, 0.25) is 5.91 Å². The van der Waals surface area contributed by atoms with Crippen LogP contribution in [0, 0.1) is 5.92 Å². The number of carbonyl (C=O) groups excluding carboxylic acids is 1. The van der Waals surface area contributed by atoms with Gasteiger partial charge in [-0.3, -0.25) is 4.79 Å². The number of hydrogen-bond donors (Lipinski definition) is 1. The zero-order chi connectivity index (χ0) is 14.7. The summed E-state index contributed by atoms with van der Waals surface area (Å²) in [6.07, 6.45) is 2.77. The lowest BCUT2D eigenvalue weighted by atomic mass is 9.83. The van der Waals surface area contributed by atoms with E-state index >= 15 is 0 Å². The summed E-state index contributed by atoms with van der Waals surface area (Å²) in [4.78, 5) is 12.3. The third-order valence-electron chi connectivity index (χ3n) is 4.07. The summed E-state index contributed by atoms with van der Waals surface area (Å²) in [7, 11) is 0. The highest BCUT2D eigenvalue weighted by molar-refractivity contribution is 6.30. The number of rotatable bonds is 3. The fourth-order valence-electron chi connectivity index (χ4n) is 2.90. The van der Waals surface area contributed by atoms with Crippen LogP contribution in [0.25, 0.3) is 0 Å². The smallest absolute Gasteiger partial charge is 0.223 e. The summed E-state index contributed by atoms with van der Waals surface area (Å²) in [6, 6.07) is 16.0. The number of aryl methyl sites for hydroxylation is 1. The molecular formula is C18H18ClNO. The van der Waals surface area contributed by atoms with Crippen molar-refractivity contribution in [1.82, 2.24) is 5.32 Å². The van der Waals surface area contributed by atoms with Crippen LogP contribution in [0.1, 0.15) is 23.1 Å².